The zero-order valence-electron chi connectivity index (χ0n) is 48.5. The number of hydrogen-bond donors (Lipinski definition) is 8. The Morgan fingerprint density at radius 1 is 0.453 bits per heavy atom. The van der Waals surface area contributed by atoms with Crippen molar-refractivity contribution in [1.82, 2.24) is 5.32 Å². The largest absolute Gasteiger partial charge is 0.394 e. The lowest BCUT2D eigenvalue weighted by molar-refractivity contribution is -0.303. The average Bonchev–Trinajstić information content (AvgIpc) is 3.41. The summed E-state index contributed by atoms with van der Waals surface area (Å²) in [7, 11) is 0. The molecular weight excluding hydrogens is 943 g/mol. The molecular formula is C64H121NO10. The van der Waals surface area contributed by atoms with Crippen molar-refractivity contribution in [3.05, 3.63) is 36.5 Å². The smallest absolute Gasteiger partial charge is 0.249 e. The van der Waals surface area contributed by atoms with Crippen LogP contribution in [0.3, 0.4) is 0 Å². The molecule has 0 bridgehead atoms. The van der Waals surface area contributed by atoms with Gasteiger partial charge in [0, 0.05) is 0 Å². The highest BCUT2D eigenvalue weighted by Gasteiger charge is 2.44. The minimum Gasteiger partial charge on any atom is -0.394 e. The number of allylic oxidation sites excluding steroid dienone is 6. The molecule has 1 aliphatic rings. The standard InChI is InChI=1S/C64H121NO10/c1-3-5-7-9-11-13-15-17-19-21-23-25-27-28-30-32-34-36-38-40-42-44-46-48-50-52-57(68)63(73)65-55(54-74-64-62(72)61(71)60(70)58(53-66)75-64)59(69)56(67)51-49-47-45-43-41-39-37-35-33-31-29-26-24-22-20-18-16-14-12-10-8-6-4-2/h28,30,35,37,43,45,55-62,64,66-72H,3-27,29,31-34,36,38-42,44,46-54H2,1-2H3,(H,65,73)/b30-28-,37-35+,45-43+. The van der Waals surface area contributed by atoms with Crippen LogP contribution in [0.1, 0.15) is 296 Å². The summed E-state index contributed by atoms with van der Waals surface area (Å²) in [6, 6.07) is -1.19. The van der Waals surface area contributed by atoms with Crippen LogP contribution in [0.5, 0.6) is 0 Å². The summed E-state index contributed by atoms with van der Waals surface area (Å²) in [5, 5.41) is 76.3. The van der Waals surface area contributed by atoms with Crippen LogP contribution in [0.2, 0.25) is 0 Å². The molecule has 0 aliphatic carbocycles. The fraction of sp³-hybridized carbons (Fsp3) is 0.891. The number of ether oxygens (including phenoxy) is 2. The SMILES string of the molecule is CCCCCCCCCCCCCC/C=C\CCCCCCCCCCCC(O)C(=O)NC(COC1OC(CO)C(O)C(O)C1O)C(O)C(O)CCC/C=C/CC/C=C/CCCCCCCCCCCCCCCC. The molecule has 11 nitrogen and oxygen atoms in total. The van der Waals surface area contributed by atoms with Gasteiger partial charge >= 0.3 is 0 Å². The highest BCUT2D eigenvalue weighted by Crippen LogP contribution is 2.23. The van der Waals surface area contributed by atoms with Crippen LogP contribution >= 0.6 is 0 Å². The molecule has 0 aromatic heterocycles. The van der Waals surface area contributed by atoms with Crippen molar-refractivity contribution >= 4 is 5.91 Å². The first-order valence-electron chi connectivity index (χ1n) is 31.9. The summed E-state index contributed by atoms with van der Waals surface area (Å²) >= 11 is 0. The van der Waals surface area contributed by atoms with Gasteiger partial charge in [0.1, 0.15) is 36.6 Å². The van der Waals surface area contributed by atoms with E-state index in [0.717, 1.165) is 38.5 Å². The van der Waals surface area contributed by atoms with Gasteiger partial charge in [-0.1, -0.05) is 256 Å². The second-order valence-electron chi connectivity index (χ2n) is 22.5. The molecule has 11 heteroatoms. The molecule has 1 aliphatic heterocycles. The highest BCUT2D eigenvalue weighted by atomic mass is 16.7. The predicted molar refractivity (Wildman–Crippen MR) is 312 cm³/mol. The summed E-state index contributed by atoms with van der Waals surface area (Å²) in [6.07, 6.45) is 55.0. The van der Waals surface area contributed by atoms with Crippen molar-refractivity contribution < 1.29 is 50.0 Å². The van der Waals surface area contributed by atoms with Crippen LogP contribution in [0.4, 0.5) is 0 Å². The van der Waals surface area contributed by atoms with E-state index in [4.69, 9.17) is 9.47 Å². The molecule has 442 valence electrons. The van der Waals surface area contributed by atoms with E-state index in [-0.39, 0.29) is 12.8 Å². The van der Waals surface area contributed by atoms with Crippen molar-refractivity contribution in [2.24, 2.45) is 0 Å². The zero-order valence-corrected chi connectivity index (χ0v) is 48.5. The molecule has 8 N–H and O–H groups in total. The minimum atomic E-state index is -1.67. The number of rotatable bonds is 55. The van der Waals surface area contributed by atoms with Gasteiger partial charge in [0.15, 0.2) is 6.29 Å². The number of aliphatic hydroxyl groups excluding tert-OH is 7. The minimum absolute atomic E-state index is 0.247. The van der Waals surface area contributed by atoms with E-state index in [1.54, 1.807) is 0 Å². The molecule has 1 fully saturated rings. The van der Waals surface area contributed by atoms with Gasteiger partial charge in [0.25, 0.3) is 0 Å². The van der Waals surface area contributed by atoms with Gasteiger partial charge in [0.2, 0.25) is 5.91 Å². The second-order valence-corrected chi connectivity index (χ2v) is 22.5. The normalized spacial score (nSPS) is 19.9. The third-order valence-corrected chi connectivity index (χ3v) is 15.4. The average molecular weight is 1060 g/mol. The summed E-state index contributed by atoms with van der Waals surface area (Å²) in [5.41, 5.74) is 0. The third kappa shape index (κ3) is 41.1. The summed E-state index contributed by atoms with van der Waals surface area (Å²) in [5.74, 6) is -0.709. The van der Waals surface area contributed by atoms with Crippen LogP contribution in [0, 0.1) is 0 Å². The van der Waals surface area contributed by atoms with Gasteiger partial charge in [-0.3, -0.25) is 4.79 Å². The quantitative estimate of drug-likeness (QED) is 0.0215. The first-order chi connectivity index (χ1) is 36.7. The molecule has 0 saturated carbocycles. The Labute approximate surface area is 460 Å². The Hall–Kier alpha value is -1.67. The van der Waals surface area contributed by atoms with Crippen LogP contribution in [-0.4, -0.2) is 110 Å². The van der Waals surface area contributed by atoms with E-state index in [1.807, 2.05) is 0 Å². The van der Waals surface area contributed by atoms with E-state index in [2.05, 4.69) is 55.6 Å². The van der Waals surface area contributed by atoms with Crippen molar-refractivity contribution in [1.29, 1.82) is 0 Å². The fourth-order valence-corrected chi connectivity index (χ4v) is 10.2. The topological polar surface area (TPSA) is 189 Å². The van der Waals surface area contributed by atoms with E-state index >= 15 is 0 Å². The van der Waals surface area contributed by atoms with Crippen LogP contribution in [-0.2, 0) is 14.3 Å². The fourth-order valence-electron chi connectivity index (χ4n) is 10.2. The lowest BCUT2D eigenvalue weighted by atomic mass is 9.98. The number of carbonyl (C=O) groups is 1. The Balaban J connectivity index is 2.29. The van der Waals surface area contributed by atoms with Gasteiger partial charge in [0.05, 0.1) is 25.4 Å². The monoisotopic (exact) mass is 1060 g/mol. The molecule has 1 saturated heterocycles. The first-order valence-corrected chi connectivity index (χ1v) is 31.9. The maximum absolute atomic E-state index is 13.2. The van der Waals surface area contributed by atoms with E-state index in [1.165, 1.54) is 212 Å². The number of aliphatic hydroxyl groups is 7. The molecule has 1 heterocycles. The van der Waals surface area contributed by atoms with Gasteiger partial charge in [-0.05, 0) is 77.0 Å². The van der Waals surface area contributed by atoms with E-state index in [9.17, 15) is 40.5 Å². The molecule has 0 spiro atoms. The van der Waals surface area contributed by atoms with Crippen molar-refractivity contribution in [2.75, 3.05) is 13.2 Å². The molecule has 1 amide bonds. The van der Waals surface area contributed by atoms with Crippen LogP contribution in [0.25, 0.3) is 0 Å². The molecule has 0 aromatic rings. The summed E-state index contributed by atoms with van der Waals surface area (Å²) in [4.78, 5) is 13.2. The maximum Gasteiger partial charge on any atom is 0.249 e. The second kappa shape index (κ2) is 53.0. The number of hydrogen-bond acceptors (Lipinski definition) is 10. The third-order valence-electron chi connectivity index (χ3n) is 15.4. The highest BCUT2D eigenvalue weighted by molar-refractivity contribution is 5.80. The predicted octanol–water partition coefficient (Wildman–Crippen LogP) is 14.2. The molecule has 9 atom stereocenters. The molecule has 0 aromatic carbocycles. The molecule has 1 rings (SSSR count). The van der Waals surface area contributed by atoms with E-state index in [0.29, 0.717) is 19.3 Å². The van der Waals surface area contributed by atoms with Crippen LogP contribution < -0.4 is 5.32 Å². The summed E-state index contributed by atoms with van der Waals surface area (Å²) in [6.45, 7) is 3.47. The maximum atomic E-state index is 13.2. The van der Waals surface area contributed by atoms with Crippen LogP contribution in [0.15, 0.2) is 36.5 Å². The molecule has 0 radical (unpaired) electrons. The van der Waals surface area contributed by atoms with Crippen molar-refractivity contribution in [3.8, 4) is 0 Å². The Bertz CT molecular complexity index is 1310. The first kappa shape index (κ1) is 71.3. The zero-order chi connectivity index (χ0) is 54.7. The van der Waals surface area contributed by atoms with Crippen molar-refractivity contribution in [3.63, 3.8) is 0 Å². The number of amides is 1. The van der Waals surface area contributed by atoms with E-state index < -0.39 is 74.2 Å². The van der Waals surface area contributed by atoms with Gasteiger partial charge in [-0.2, -0.15) is 0 Å². The van der Waals surface area contributed by atoms with Gasteiger partial charge < -0.3 is 50.5 Å². The lowest BCUT2D eigenvalue weighted by Gasteiger charge is -2.40. The van der Waals surface area contributed by atoms with Gasteiger partial charge in [-0.15, -0.1) is 0 Å². The Morgan fingerprint density at radius 3 is 1.19 bits per heavy atom. The number of nitrogens with one attached hydrogen (secondary N) is 1. The number of carbonyl (C=O) groups excluding carboxylic acids is 1. The Kier molecular flexibility index (Phi) is 50.4. The lowest BCUT2D eigenvalue weighted by Crippen LogP contribution is -2.60. The van der Waals surface area contributed by atoms with Crippen molar-refractivity contribution in [2.45, 2.75) is 351 Å². The Morgan fingerprint density at radius 2 is 0.800 bits per heavy atom. The number of unbranched alkanes of at least 4 members (excludes halogenated alkanes) is 37. The molecule has 9 unspecified atom stereocenters. The van der Waals surface area contributed by atoms with Gasteiger partial charge in [-0.25, -0.2) is 0 Å². The molecule has 75 heavy (non-hydrogen) atoms. The summed E-state index contributed by atoms with van der Waals surface area (Å²) < 4.78 is 11.2.